The lowest BCUT2D eigenvalue weighted by Gasteiger charge is -2.06. The third-order valence-corrected chi connectivity index (χ3v) is 4.30. The normalized spacial score (nSPS) is 11.1. The maximum absolute atomic E-state index is 13.2. The van der Waals surface area contributed by atoms with Gasteiger partial charge in [-0.3, -0.25) is 4.79 Å². The molecule has 4 aromatic rings. The Hall–Kier alpha value is -4.61. The molecule has 0 radical (unpaired) electrons. The number of nitrogen functional groups attached to an aromatic ring is 1. The average molecular weight is 436 g/mol. The Bertz CT molecular complexity index is 1270. The van der Waals surface area contributed by atoms with E-state index in [0.717, 1.165) is 15.8 Å². The predicted molar refractivity (Wildman–Crippen MR) is 111 cm³/mol. The van der Waals surface area contributed by atoms with Gasteiger partial charge in [-0.1, -0.05) is 17.3 Å². The number of anilines is 1. The lowest BCUT2D eigenvalue weighted by atomic mass is 10.2. The second kappa shape index (κ2) is 9.04. The summed E-state index contributed by atoms with van der Waals surface area (Å²) >= 11 is 0. The zero-order valence-electron chi connectivity index (χ0n) is 16.8. The van der Waals surface area contributed by atoms with Crippen molar-refractivity contribution in [2.45, 2.75) is 13.5 Å². The minimum atomic E-state index is -0.568. The molecule has 0 atom stereocenters. The fourth-order valence-corrected chi connectivity index (χ4v) is 2.77. The summed E-state index contributed by atoms with van der Waals surface area (Å²) in [4.78, 5) is 12.6. The van der Waals surface area contributed by atoms with E-state index in [4.69, 9.17) is 10.5 Å². The molecule has 0 aliphatic heterocycles. The SMILES string of the molecule is Cc1nnn(-c2nonc2N)c1C(=O)NN=Cc1ccc(OCc2cccc(F)c2)cc1. The Morgan fingerprint density at radius 2 is 2.09 bits per heavy atom. The van der Waals surface area contributed by atoms with E-state index >= 15 is 0 Å². The number of carbonyl (C=O) groups is 1. The van der Waals surface area contributed by atoms with Crippen LogP contribution >= 0.6 is 0 Å². The van der Waals surface area contributed by atoms with Crippen molar-refractivity contribution >= 4 is 17.9 Å². The van der Waals surface area contributed by atoms with Crippen molar-refractivity contribution in [1.82, 2.24) is 30.7 Å². The van der Waals surface area contributed by atoms with Crippen LogP contribution in [0.1, 0.15) is 27.3 Å². The topological polar surface area (TPSA) is 146 Å². The van der Waals surface area contributed by atoms with Crippen molar-refractivity contribution in [3.05, 3.63) is 76.9 Å². The minimum absolute atomic E-state index is 0.0350. The van der Waals surface area contributed by atoms with Gasteiger partial charge in [-0.15, -0.1) is 5.10 Å². The molecule has 0 aliphatic rings. The number of nitrogens with one attached hydrogen (secondary N) is 1. The zero-order chi connectivity index (χ0) is 22.5. The Balaban J connectivity index is 1.37. The second-order valence-corrected chi connectivity index (χ2v) is 6.60. The monoisotopic (exact) mass is 436 g/mol. The van der Waals surface area contributed by atoms with Crippen LogP contribution in [0.4, 0.5) is 10.2 Å². The Morgan fingerprint density at radius 1 is 1.28 bits per heavy atom. The highest BCUT2D eigenvalue weighted by atomic mass is 19.1. The number of amides is 1. The van der Waals surface area contributed by atoms with Gasteiger partial charge in [0.15, 0.2) is 5.69 Å². The van der Waals surface area contributed by atoms with Gasteiger partial charge >= 0.3 is 0 Å². The minimum Gasteiger partial charge on any atom is -0.489 e. The van der Waals surface area contributed by atoms with Gasteiger partial charge in [0.25, 0.3) is 5.91 Å². The molecule has 4 rings (SSSR count). The molecule has 2 heterocycles. The summed E-state index contributed by atoms with van der Waals surface area (Å²) in [6, 6.07) is 13.2. The number of hydrogen-bond donors (Lipinski definition) is 2. The highest BCUT2D eigenvalue weighted by Crippen LogP contribution is 2.16. The highest BCUT2D eigenvalue weighted by molar-refractivity contribution is 5.94. The fraction of sp³-hybridized carbons (Fsp3) is 0.100. The fourth-order valence-electron chi connectivity index (χ4n) is 2.77. The van der Waals surface area contributed by atoms with Crippen molar-refractivity contribution < 1.29 is 18.6 Å². The number of carbonyl (C=O) groups excluding carboxylic acids is 1. The molecule has 2 aromatic carbocycles. The number of nitrogens with zero attached hydrogens (tertiary/aromatic N) is 6. The van der Waals surface area contributed by atoms with E-state index in [0.29, 0.717) is 11.4 Å². The molecular formula is C20H17FN8O3. The number of hydrazone groups is 1. The highest BCUT2D eigenvalue weighted by Gasteiger charge is 2.22. The van der Waals surface area contributed by atoms with Crippen LogP contribution in [-0.4, -0.2) is 37.4 Å². The molecule has 162 valence electrons. The van der Waals surface area contributed by atoms with Gasteiger partial charge < -0.3 is 10.5 Å². The maximum Gasteiger partial charge on any atom is 0.292 e. The summed E-state index contributed by atoms with van der Waals surface area (Å²) in [6.45, 7) is 1.85. The van der Waals surface area contributed by atoms with Gasteiger partial charge in [0.05, 0.1) is 11.9 Å². The molecule has 0 spiro atoms. The lowest BCUT2D eigenvalue weighted by Crippen LogP contribution is -2.22. The number of rotatable bonds is 7. The number of nitrogens with two attached hydrogens (primary N) is 1. The van der Waals surface area contributed by atoms with E-state index in [1.54, 1.807) is 43.3 Å². The van der Waals surface area contributed by atoms with Gasteiger partial charge in [0, 0.05) is 0 Å². The smallest absolute Gasteiger partial charge is 0.292 e. The molecule has 0 fully saturated rings. The zero-order valence-corrected chi connectivity index (χ0v) is 16.8. The van der Waals surface area contributed by atoms with Crippen LogP contribution in [-0.2, 0) is 6.61 Å². The molecule has 1 amide bonds. The molecule has 11 nitrogen and oxygen atoms in total. The summed E-state index contributed by atoms with van der Waals surface area (Å²) in [5.74, 6) is -0.253. The van der Waals surface area contributed by atoms with E-state index in [2.05, 4.69) is 35.8 Å². The van der Waals surface area contributed by atoms with Crippen LogP contribution in [0.15, 0.2) is 58.3 Å². The van der Waals surface area contributed by atoms with Gasteiger partial charge in [-0.25, -0.2) is 14.4 Å². The summed E-state index contributed by atoms with van der Waals surface area (Å²) in [7, 11) is 0. The number of halogens is 1. The van der Waals surface area contributed by atoms with Crippen molar-refractivity contribution in [2.75, 3.05) is 5.73 Å². The molecule has 0 saturated heterocycles. The van der Waals surface area contributed by atoms with Crippen molar-refractivity contribution in [1.29, 1.82) is 0 Å². The number of aryl methyl sites for hydroxylation is 1. The van der Waals surface area contributed by atoms with E-state index in [9.17, 15) is 9.18 Å². The van der Waals surface area contributed by atoms with Crippen LogP contribution < -0.4 is 15.9 Å². The standard InChI is InChI=1S/C20H17FN8O3/c1-12-17(29(28-24-12)19-18(22)26-32-27-19)20(30)25-23-10-13-5-7-16(8-6-13)31-11-14-3-2-4-15(21)9-14/h2-10H,11H2,1H3,(H2,22,26)(H,25,30). The third kappa shape index (κ3) is 4.59. The summed E-state index contributed by atoms with van der Waals surface area (Å²) in [5, 5.41) is 18.7. The number of benzene rings is 2. The Labute approximate surface area is 180 Å². The molecule has 0 unspecified atom stereocenters. The molecule has 0 bridgehead atoms. The Kier molecular flexibility index (Phi) is 5.83. The van der Waals surface area contributed by atoms with Crippen molar-refractivity contribution in [2.24, 2.45) is 5.10 Å². The quantitative estimate of drug-likeness (QED) is 0.330. The van der Waals surface area contributed by atoms with Gasteiger partial charge in [0.2, 0.25) is 11.6 Å². The van der Waals surface area contributed by atoms with Crippen LogP contribution in [0.3, 0.4) is 0 Å². The van der Waals surface area contributed by atoms with Gasteiger partial charge in [0.1, 0.15) is 18.2 Å². The number of hydrogen-bond acceptors (Lipinski definition) is 9. The first-order chi connectivity index (χ1) is 15.5. The first-order valence-electron chi connectivity index (χ1n) is 9.32. The molecule has 3 N–H and O–H groups in total. The number of aromatic nitrogens is 5. The molecule has 32 heavy (non-hydrogen) atoms. The molecule has 2 aromatic heterocycles. The first kappa shape index (κ1) is 20.7. The molecule has 12 heteroatoms. The Morgan fingerprint density at radius 3 is 2.81 bits per heavy atom. The molecular weight excluding hydrogens is 419 g/mol. The van der Waals surface area contributed by atoms with E-state index in [-0.39, 0.29) is 29.8 Å². The number of ether oxygens (including phenoxy) is 1. The summed E-state index contributed by atoms with van der Waals surface area (Å²) in [5.41, 5.74) is 9.94. The van der Waals surface area contributed by atoms with Crippen LogP contribution in [0.5, 0.6) is 5.75 Å². The van der Waals surface area contributed by atoms with Crippen LogP contribution in [0.2, 0.25) is 0 Å². The average Bonchev–Trinajstić information content (AvgIpc) is 3.38. The molecule has 0 aliphatic carbocycles. The largest absolute Gasteiger partial charge is 0.489 e. The van der Waals surface area contributed by atoms with Crippen molar-refractivity contribution in [3.8, 4) is 11.6 Å². The predicted octanol–water partition coefficient (Wildman–Crippen LogP) is 2.02. The second-order valence-electron chi connectivity index (χ2n) is 6.60. The van der Waals surface area contributed by atoms with Crippen LogP contribution in [0.25, 0.3) is 5.82 Å². The maximum atomic E-state index is 13.2. The van der Waals surface area contributed by atoms with Gasteiger partial charge in [-0.05, 0) is 64.8 Å². The summed E-state index contributed by atoms with van der Waals surface area (Å²) in [6.07, 6.45) is 1.46. The summed E-state index contributed by atoms with van der Waals surface area (Å²) < 4.78 is 24.5. The van der Waals surface area contributed by atoms with Crippen molar-refractivity contribution in [3.63, 3.8) is 0 Å². The first-order valence-corrected chi connectivity index (χ1v) is 9.32. The van der Waals surface area contributed by atoms with Gasteiger partial charge in [-0.2, -0.15) is 9.78 Å². The van der Waals surface area contributed by atoms with E-state index in [1.807, 2.05) is 0 Å². The molecule has 0 saturated carbocycles. The van der Waals surface area contributed by atoms with E-state index < -0.39 is 5.91 Å². The lowest BCUT2D eigenvalue weighted by molar-refractivity contribution is 0.0946. The van der Waals surface area contributed by atoms with E-state index in [1.165, 1.54) is 18.3 Å². The van der Waals surface area contributed by atoms with Crippen LogP contribution in [0, 0.1) is 12.7 Å². The third-order valence-electron chi connectivity index (χ3n) is 4.30.